The van der Waals surface area contributed by atoms with Crippen LogP contribution in [0, 0.1) is 0 Å². The number of aromatic amines is 1. The van der Waals surface area contributed by atoms with Crippen LogP contribution in [0.5, 0.6) is 0 Å². The fraction of sp³-hybridized carbons (Fsp3) is 0.500. The first kappa shape index (κ1) is 27.1. The third-order valence-electron chi connectivity index (χ3n) is 6.66. The van der Waals surface area contributed by atoms with Crippen LogP contribution in [0.25, 0.3) is 16.8 Å². The Bertz CT molecular complexity index is 1660. The number of nitrogens with two attached hydrogens (primary N) is 2. The molecule has 2 saturated heterocycles. The Morgan fingerprint density at radius 3 is 2.85 bits per heavy atom. The highest BCUT2D eigenvalue weighted by Gasteiger charge is 2.42. The van der Waals surface area contributed by atoms with Gasteiger partial charge in [0, 0.05) is 12.8 Å². The van der Waals surface area contributed by atoms with Gasteiger partial charge in [0.1, 0.15) is 24.6 Å². The number of hydrogen-bond donors (Lipinski definition) is 6. The van der Waals surface area contributed by atoms with Crippen molar-refractivity contribution in [2.75, 3.05) is 24.7 Å². The van der Waals surface area contributed by atoms with Crippen LogP contribution in [0.1, 0.15) is 30.9 Å². The number of nitrogens with zero attached hydrogens (tertiary/aromatic N) is 7. The molecule has 18 nitrogen and oxygen atoms in total. The average molecular weight is 597 g/mol. The number of anilines is 2. The summed E-state index contributed by atoms with van der Waals surface area (Å²) in [5, 5.41) is 24.4. The van der Waals surface area contributed by atoms with Crippen LogP contribution < -0.4 is 17.0 Å². The van der Waals surface area contributed by atoms with Gasteiger partial charge in [-0.05, 0) is 11.8 Å². The molecule has 0 radical (unpaired) electrons. The van der Waals surface area contributed by atoms with E-state index in [4.69, 9.17) is 41.8 Å². The van der Waals surface area contributed by atoms with Gasteiger partial charge in [0.25, 0.3) is 5.56 Å². The Balaban J connectivity index is 1.15. The molecule has 4 aromatic rings. The monoisotopic (exact) mass is 596 g/mol. The van der Waals surface area contributed by atoms with Gasteiger partial charge in [-0.3, -0.25) is 14.3 Å². The minimum atomic E-state index is -3.92. The number of rotatable bonds is 8. The van der Waals surface area contributed by atoms with Crippen molar-refractivity contribution < 1.29 is 33.6 Å². The lowest BCUT2D eigenvalue weighted by molar-refractivity contribution is -0.0503. The number of ether oxygens (including phenoxy) is 2. The molecule has 1 unspecified atom stereocenters. The molecule has 2 aliphatic rings. The fourth-order valence-electron chi connectivity index (χ4n) is 4.81. The van der Waals surface area contributed by atoms with E-state index in [-0.39, 0.29) is 49.0 Å². The summed E-state index contributed by atoms with van der Waals surface area (Å²) in [6.45, 7) is -4.53. The molecule has 2 fully saturated rings. The van der Waals surface area contributed by atoms with Gasteiger partial charge in [0.15, 0.2) is 28.9 Å². The Morgan fingerprint density at radius 2 is 2.05 bits per heavy atom. The summed E-state index contributed by atoms with van der Waals surface area (Å²) < 4.78 is 26.1. The van der Waals surface area contributed by atoms with Gasteiger partial charge in [0.2, 0.25) is 5.95 Å². The zero-order valence-corrected chi connectivity index (χ0v) is 22.3. The summed E-state index contributed by atoms with van der Waals surface area (Å²) in [5.74, 6) is 0.0717. The third kappa shape index (κ3) is 4.95. The molecule has 8 N–H and O–H groups in total. The van der Waals surface area contributed by atoms with Gasteiger partial charge in [0.05, 0.1) is 43.6 Å². The van der Waals surface area contributed by atoms with E-state index in [0.29, 0.717) is 11.3 Å². The van der Waals surface area contributed by atoms with Gasteiger partial charge in [-0.15, -0.1) is 0 Å². The number of aliphatic hydroxyl groups is 2. The van der Waals surface area contributed by atoms with Gasteiger partial charge in [-0.25, -0.2) is 19.5 Å². The van der Waals surface area contributed by atoms with E-state index in [0.717, 1.165) is 0 Å². The molecule has 0 aromatic carbocycles. The quantitative estimate of drug-likeness (QED) is 0.127. The summed E-state index contributed by atoms with van der Waals surface area (Å²) in [5.41, 5.74) is 12.0. The summed E-state index contributed by atoms with van der Waals surface area (Å²) in [7, 11) is 0. The SMILES string of the molecule is Nc1nc2c(ncn2[C@@H]2O[C@H](CO)C[C@H]2OP(O)(=S)OC[C@H]2O[C@@H](c3cnc4c(N)ncnn34)C[C@@H]2O)c(=O)[nH]1. The molecular formula is C20H25N10O8PS. The molecule has 0 saturated carbocycles. The summed E-state index contributed by atoms with van der Waals surface area (Å²) in [4.78, 5) is 41.7. The molecule has 4 aromatic heterocycles. The van der Waals surface area contributed by atoms with Crippen LogP contribution in [0.4, 0.5) is 11.8 Å². The Hall–Kier alpha value is -3.13. The van der Waals surface area contributed by atoms with E-state index in [9.17, 15) is 19.9 Å². The highest BCUT2D eigenvalue weighted by atomic mass is 32.5. The molecule has 6 heterocycles. The maximum atomic E-state index is 12.2. The van der Waals surface area contributed by atoms with Gasteiger partial charge >= 0.3 is 6.72 Å². The van der Waals surface area contributed by atoms with E-state index >= 15 is 0 Å². The molecule has 40 heavy (non-hydrogen) atoms. The Labute approximate surface area is 229 Å². The smallest absolute Gasteiger partial charge is 0.325 e. The predicted molar refractivity (Wildman–Crippen MR) is 139 cm³/mol. The Morgan fingerprint density at radius 1 is 1.23 bits per heavy atom. The Kier molecular flexibility index (Phi) is 7.01. The minimum Gasteiger partial charge on any atom is -0.394 e. The number of nitrogen functional groups attached to an aromatic ring is 2. The number of H-pyrrole nitrogens is 1. The number of aliphatic hydroxyl groups excluding tert-OH is 2. The van der Waals surface area contributed by atoms with Crippen LogP contribution in [-0.2, 0) is 30.3 Å². The molecule has 2 aliphatic heterocycles. The largest absolute Gasteiger partial charge is 0.394 e. The highest BCUT2D eigenvalue weighted by molar-refractivity contribution is 8.07. The topological polar surface area (TPSA) is 256 Å². The van der Waals surface area contributed by atoms with Crippen LogP contribution in [0.3, 0.4) is 0 Å². The molecule has 7 atom stereocenters. The van der Waals surface area contributed by atoms with Crippen molar-refractivity contribution in [3.8, 4) is 0 Å². The standard InChI is InChI=1S/C20H25N10O8PS/c21-15-17-23-3-9(30(17)26-6-24-15)11-2-10(32)13(37-11)5-35-39(34,40)38-12-1-8(4-31)36-19(12)29-7-25-14-16(29)27-20(22)28-18(14)33/h3,6-8,10-13,19,31-32H,1-2,4-5H2,(H,34,40)(H2,21,24,26)(H3,22,27,28,33)/t8-,10-,11+,12+,13+,19+,39?/m0/s1. The van der Waals surface area contributed by atoms with Crippen LogP contribution >= 0.6 is 6.72 Å². The molecular weight excluding hydrogens is 571 g/mol. The second kappa shape index (κ2) is 10.4. The zero-order chi connectivity index (χ0) is 28.2. The van der Waals surface area contributed by atoms with Gasteiger partial charge < -0.3 is 45.1 Å². The molecule has 0 aliphatic carbocycles. The van der Waals surface area contributed by atoms with Crippen molar-refractivity contribution >= 4 is 47.1 Å². The molecule has 6 rings (SSSR count). The van der Waals surface area contributed by atoms with E-state index in [1.54, 1.807) is 0 Å². The lowest BCUT2D eigenvalue weighted by Gasteiger charge is -2.25. The summed E-state index contributed by atoms with van der Waals surface area (Å²) >= 11 is 5.24. The molecule has 0 bridgehead atoms. The number of imidazole rings is 2. The predicted octanol–water partition coefficient (Wildman–Crippen LogP) is -1.49. The van der Waals surface area contributed by atoms with Gasteiger partial charge in [-0.1, -0.05) is 0 Å². The van der Waals surface area contributed by atoms with Crippen LogP contribution in [-0.4, -0.2) is 91.8 Å². The van der Waals surface area contributed by atoms with Crippen molar-refractivity contribution in [3.05, 3.63) is 34.9 Å². The third-order valence-corrected chi connectivity index (χ3v) is 8.24. The second-order valence-corrected chi connectivity index (χ2v) is 12.1. The molecule has 214 valence electrons. The molecule has 20 heteroatoms. The minimum absolute atomic E-state index is 0.0192. The lowest BCUT2D eigenvalue weighted by atomic mass is 10.1. The maximum absolute atomic E-state index is 12.2. The number of nitrogens with one attached hydrogen (secondary N) is 1. The number of hydrogen-bond acceptors (Lipinski definition) is 15. The summed E-state index contributed by atoms with van der Waals surface area (Å²) in [6.07, 6.45) is -0.406. The van der Waals surface area contributed by atoms with E-state index in [1.165, 1.54) is 27.9 Å². The van der Waals surface area contributed by atoms with Gasteiger partial charge in [-0.2, -0.15) is 10.1 Å². The number of fused-ring (bicyclic) bond motifs is 2. The second-order valence-electron chi connectivity index (χ2n) is 9.28. The van der Waals surface area contributed by atoms with Crippen molar-refractivity contribution in [2.45, 2.75) is 49.6 Å². The van der Waals surface area contributed by atoms with Crippen LogP contribution in [0.15, 0.2) is 23.6 Å². The van der Waals surface area contributed by atoms with E-state index < -0.39 is 49.0 Å². The van der Waals surface area contributed by atoms with Crippen molar-refractivity contribution in [1.29, 1.82) is 0 Å². The fourth-order valence-corrected chi connectivity index (χ4v) is 6.26. The highest BCUT2D eigenvalue weighted by Crippen LogP contribution is 2.50. The summed E-state index contributed by atoms with van der Waals surface area (Å²) in [6, 6.07) is 0. The number of aromatic nitrogens is 8. The maximum Gasteiger partial charge on any atom is 0.325 e. The van der Waals surface area contributed by atoms with Crippen molar-refractivity contribution in [2.24, 2.45) is 0 Å². The van der Waals surface area contributed by atoms with Crippen molar-refractivity contribution in [1.82, 2.24) is 39.1 Å². The first-order valence-electron chi connectivity index (χ1n) is 12.1. The average Bonchev–Trinajstić information content (AvgIpc) is 3.68. The molecule has 0 amide bonds. The van der Waals surface area contributed by atoms with Crippen molar-refractivity contribution in [3.63, 3.8) is 0 Å². The first-order valence-corrected chi connectivity index (χ1v) is 14.6. The van der Waals surface area contributed by atoms with E-state index in [1.807, 2.05) is 0 Å². The lowest BCUT2D eigenvalue weighted by Crippen LogP contribution is -2.27. The molecule has 0 spiro atoms. The zero-order valence-electron chi connectivity index (χ0n) is 20.5. The van der Waals surface area contributed by atoms with Crippen LogP contribution in [0.2, 0.25) is 0 Å². The van der Waals surface area contributed by atoms with E-state index in [2.05, 4.69) is 30.0 Å². The normalized spacial score (nSPS) is 28.5. The first-order chi connectivity index (χ1) is 19.1.